The summed E-state index contributed by atoms with van der Waals surface area (Å²) in [5.74, 6) is 0.706. The zero-order valence-electron chi connectivity index (χ0n) is 24.1. The van der Waals surface area contributed by atoms with E-state index >= 15 is 0 Å². The first-order valence-electron chi connectivity index (χ1n) is 14.9. The van der Waals surface area contributed by atoms with Crippen molar-refractivity contribution in [2.45, 2.75) is 63.9 Å². The molecular formula is C33H34N6O4. The van der Waals surface area contributed by atoms with Crippen molar-refractivity contribution in [3.8, 4) is 5.82 Å². The van der Waals surface area contributed by atoms with Gasteiger partial charge in [0.2, 0.25) is 5.91 Å². The van der Waals surface area contributed by atoms with E-state index in [9.17, 15) is 19.5 Å². The van der Waals surface area contributed by atoms with Crippen LogP contribution < -0.4 is 10.9 Å². The van der Waals surface area contributed by atoms with Crippen LogP contribution in [0.3, 0.4) is 0 Å². The summed E-state index contributed by atoms with van der Waals surface area (Å²) < 4.78 is 1.50. The van der Waals surface area contributed by atoms with Crippen molar-refractivity contribution in [1.29, 1.82) is 0 Å². The fraction of sp³-hybridized carbons (Fsp3) is 0.364. The first-order chi connectivity index (χ1) is 20.8. The minimum Gasteiger partial charge on any atom is -0.372 e. The number of aryl methyl sites for hydroxylation is 1. The number of aliphatic hydroxyl groups is 1. The third-order valence-corrected chi connectivity index (χ3v) is 9.11. The van der Waals surface area contributed by atoms with E-state index in [-0.39, 0.29) is 17.4 Å². The van der Waals surface area contributed by atoms with Gasteiger partial charge in [-0.25, -0.2) is 9.97 Å². The lowest BCUT2D eigenvalue weighted by molar-refractivity contribution is -0.129. The number of hydrogen-bond donors (Lipinski definition) is 2. The van der Waals surface area contributed by atoms with Gasteiger partial charge in [0.15, 0.2) is 0 Å². The SMILES string of the molecule is Cc1cccc(-n2cnc3ccc(CN4CCC(c5ccc6c(c5)CN(C5CCC(=O)NC5O)C6=O)CC4)cc3c2=O)n1. The molecule has 2 fully saturated rings. The summed E-state index contributed by atoms with van der Waals surface area (Å²) >= 11 is 0. The molecule has 4 aromatic rings. The van der Waals surface area contributed by atoms with Gasteiger partial charge in [0.25, 0.3) is 11.5 Å². The molecule has 5 heterocycles. The Morgan fingerprint density at radius 1 is 1.00 bits per heavy atom. The number of pyridine rings is 1. The van der Waals surface area contributed by atoms with Gasteiger partial charge in [-0.3, -0.25) is 23.9 Å². The van der Waals surface area contributed by atoms with Crippen molar-refractivity contribution in [3.63, 3.8) is 0 Å². The molecule has 0 aliphatic carbocycles. The molecule has 0 saturated carbocycles. The highest BCUT2D eigenvalue weighted by Crippen LogP contribution is 2.34. The Morgan fingerprint density at radius 3 is 2.63 bits per heavy atom. The van der Waals surface area contributed by atoms with Gasteiger partial charge in [-0.15, -0.1) is 0 Å². The maximum atomic E-state index is 13.3. The van der Waals surface area contributed by atoms with Crippen molar-refractivity contribution in [2.24, 2.45) is 0 Å². The van der Waals surface area contributed by atoms with Crippen LogP contribution in [0.15, 0.2) is 65.7 Å². The summed E-state index contributed by atoms with van der Waals surface area (Å²) in [4.78, 5) is 51.2. The Hall–Kier alpha value is -4.41. The lowest BCUT2D eigenvalue weighted by Crippen LogP contribution is -2.55. The molecule has 2 unspecified atom stereocenters. The third kappa shape index (κ3) is 5.21. The predicted molar refractivity (Wildman–Crippen MR) is 161 cm³/mol. The van der Waals surface area contributed by atoms with Crippen LogP contribution >= 0.6 is 0 Å². The third-order valence-electron chi connectivity index (χ3n) is 9.11. The van der Waals surface area contributed by atoms with Crippen LogP contribution in [0.5, 0.6) is 0 Å². The van der Waals surface area contributed by atoms with E-state index in [4.69, 9.17) is 0 Å². The Bertz CT molecular complexity index is 1790. The quantitative estimate of drug-likeness (QED) is 0.374. The number of aromatic nitrogens is 3. The minimum absolute atomic E-state index is 0.0796. The van der Waals surface area contributed by atoms with Gasteiger partial charge < -0.3 is 15.3 Å². The van der Waals surface area contributed by atoms with Crippen LogP contribution in [0.2, 0.25) is 0 Å². The van der Waals surface area contributed by atoms with Gasteiger partial charge in [0.05, 0.1) is 16.9 Å². The summed E-state index contributed by atoms with van der Waals surface area (Å²) in [6, 6.07) is 17.3. The van der Waals surface area contributed by atoms with E-state index in [1.807, 2.05) is 49.4 Å². The van der Waals surface area contributed by atoms with Crippen LogP contribution in [0.1, 0.15) is 64.3 Å². The van der Waals surface area contributed by atoms with E-state index < -0.39 is 12.3 Å². The zero-order chi connectivity index (χ0) is 29.7. The minimum atomic E-state index is -1.03. The highest BCUT2D eigenvalue weighted by Gasteiger charge is 2.39. The number of aliphatic hydroxyl groups excluding tert-OH is 1. The summed E-state index contributed by atoms with van der Waals surface area (Å²) in [5, 5.41) is 13.5. The lowest BCUT2D eigenvalue weighted by atomic mass is 9.87. The van der Waals surface area contributed by atoms with Crippen molar-refractivity contribution < 1.29 is 14.7 Å². The maximum absolute atomic E-state index is 13.3. The fourth-order valence-electron chi connectivity index (χ4n) is 6.76. The van der Waals surface area contributed by atoms with Gasteiger partial charge in [-0.2, -0.15) is 0 Å². The number of amides is 2. The van der Waals surface area contributed by atoms with E-state index in [0.717, 1.165) is 49.3 Å². The molecule has 3 aliphatic heterocycles. The van der Waals surface area contributed by atoms with Gasteiger partial charge in [0, 0.05) is 30.8 Å². The summed E-state index contributed by atoms with van der Waals surface area (Å²) in [5.41, 5.74) is 5.39. The number of nitrogens with zero attached hydrogens (tertiary/aromatic N) is 5. The molecule has 10 heteroatoms. The Labute approximate surface area is 249 Å². The van der Waals surface area contributed by atoms with Crippen LogP contribution in [0, 0.1) is 6.92 Å². The molecule has 2 amide bonds. The molecule has 43 heavy (non-hydrogen) atoms. The topological polar surface area (TPSA) is 121 Å². The largest absolute Gasteiger partial charge is 0.372 e. The molecule has 3 aliphatic rings. The average Bonchev–Trinajstić information content (AvgIpc) is 3.33. The molecule has 220 valence electrons. The molecule has 2 aromatic carbocycles. The van der Waals surface area contributed by atoms with Crippen molar-refractivity contribution >= 4 is 22.7 Å². The molecule has 2 atom stereocenters. The van der Waals surface area contributed by atoms with E-state index in [2.05, 4.69) is 32.3 Å². The number of hydrogen-bond acceptors (Lipinski definition) is 7. The normalized spacial score (nSPS) is 21.3. The number of nitrogens with one attached hydrogen (secondary N) is 1. The molecule has 0 radical (unpaired) electrons. The molecule has 10 nitrogen and oxygen atoms in total. The first-order valence-corrected chi connectivity index (χ1v) is 14.9. The Morgan fingerprint density at radius 2 is 1.84 bits per heavy atom. The second kappa shape index (κ2) is 11.0. The molecule has 2 saturated heterocycles. The van der Waals surface area contributed by atoms with Gasteiger partial charge in [-0.1, -0.05) is 24.3 Å². The summed E-state index contributed by atoms with van der Waals surface area (Å²) in [7, 11) is 0. The van der Waals surface area contributed by atoms with Crippen LogP contribution in [-0.2, 0) is 17.9 Å². The van der Waals surface area contributed by atoms with Crippen LogP contribution in [0.4, 0.5) is 0 Å². The highest BCUT2D eigenvalue weighted by molar-refractivity contribution is 5.98. The number of piperidine rings is 2. The van der Waals surface area contributed by atoms with Gasteiger partial charge in [-0.05, 0) is 92.2 Å². The second-order valence-corrected chi connectivity index (χ2v) is 11.9. The van der Waals surface area contributed by atoms with Gasteiger partial charge >= 0.3 is 0 Å². The molecule has 0 spiro atoms. The molecular weight excluding hydrogens is 544 g/mol. The number of carbonyl (C=O) groups excluding carboxylic acids is 2. The first kappa shape index (κ1) is 27.4. The van der Waals surface area contributed by atoms with Crippen molar-refractivity contribution in [2.75, 3.05) is 13.1 Å². The monoisotopic (exact) mass is 578 g/mol. The lowest BCUT2D eigenvalue weighted by Gasteiger charge is -2.35. The van der Waals surface area contributed by atoms with Crippen LogP contribution in [-0.4, -0.2) is 66.6 Å². The Kier molecular flexibility index (Phi) is 7.03. The van der Waals surface area contributed by atoms with Crippen molar-refractivity contribution in [1.82, 2.24) is 29.7 Å². The summed E-state index contributed by atoms with van der Waals surface area (Å²) in [6.45, 7) is 4.98. The summed E-state index contributed by atoms with van der Waals surface area (Å²) in [6.07, 6.45) is 3.29. The molecule has 2 N–H and O–H groups in total. The number of rotatable bonds is 5. The fourth-order valence-corrected chi connectivity index (χ4v) is 6.76. The molecule has 2 aromatic heterocycles. The van der Waals surface area contributed by atoms with Crippen molar-refractivity contribution in [3.05, 3.63) is 99.2 Å². The van der Waals surface area contributed by atoms with Crippen LogP contribution in [0.25, 0.3) is 16.7 Å². The Balaban J connectivity index is 1.01. The number of likely N-dealkylation sites (tertiary alicyclic amines) is 1. The number of benzene rings is 2. The second-order valence-electron chi connectivity index (χ2n) is 11.9. The molecule has 7 rings (SSSR count). The predicted octanol–water partition coefficient (Wildman–Crippen LogP) is 3.02. The van der Waals surface area contributed by atoms with E-state index in [0.29, 0.717) is 47.6 Å². The number of carbonyl (C=O) groups is 2. The maximum Gasteiger partial charge on any atom is 0.266 e. The van der Waals surface area contributed by atoms with E-state index in [1.54, 1.807) is 11.2 Å². The zero-order valence-corrected chi connectivity index (χ0v) is 24.1. The number of fused-ring (bicyclic) bond motifs is 2. The van der Waals surface area contributed by atoms with Gasteiger partial charge in [0.1, 0.15) is 18.4 Å². The highest BCUT2D eigenvalue weighted by atomic mass is 16.3. The smallest absolute Gasteiger partial charge is 0.266 e. The van der Waals surface area contributed by atoms with E-state index in [1.165, 1.54) is 10.1 Å². The molecule has 0 bridgehead atoms. The standard InChI is InChI=1S/C33H34N6O4/c1-20-3-2-4-29(35-20)39-19-34-27-8-5-21(15-26(27)33(39)43)17-37-13-11-22(12-14-37)23-6-7-25-24(16-23)18-38(32(25)42)28-9-10-30(40)36-31(28)41/h2-8,15-16,19,22,28,31,41H,9-14,17-18H2,1H3,(H,36,40). The average molecular weight is 579 g/mol.